The summed E-state index contributed by atoms with van der Waals surface area (Å²) in [4.78, 5) is 0. The lowest BCUT2D eigenvalue weighted by atomic mass is 10.1. The third-order valence-corrected chi connectivity index (χ3v) is 9.46. The second-order valence-corrected chi connectivity index (χ2v) is 11.5. The second-order valence-electron chi connectivity index (χ2n) is 7.28. The van der Waals surface area contributed by atoms with Gasteiger partial charge in [-0.1, -0.05) is 18.2 Å². The molecule has 2 fully saturated rings. The number of methoxy groups -OCH3 is 1. The van der Waals surface area contributed by atoms with Crippen LogP contribution in [0.25, 0.3) is 0 Å². The van der Waals surface area contributed by atoms with Gasteiger partial charge in [-0.3, -0.25) is 0 Å². The van der Waals surface area contributed by atoms with Crippen LogP contribution in [-0.2, 0) is 14.2 Å². The van der Waals surface area contributed by atoms with E-state index in [0.717, 1.165) is 13.0 Å². The Labute approximate surface area is 141 Å². The lowest BCUT2D eigenvalue weighted by Gasteiger charge is -2.37. The van der Waals surface area contributed by atoms with Crippen LogP contribution in [0, 0.1) is 5.92 Å². The molecular weight excluding hydrogens is 307 g/mol. The SMILES string of the molecule is COC[C@@H]1CCO[C@H](C2CCCC2[P+](C)(C)c2ccccc2)O1. The average molecular weight is 337 g/mol. The molecule has 0 bridgehead atoms. The third-order valence-electron chi connectivity index (χ3n) is 5.53. The molecule has 4 heteroatoms. The van der Waals surface area contributed by atoms with Gasteiger partial charge < -0.3 is 14.2 Å². The van der Waals surface area contributed by atoms with E-state index in [9.17, 15) is 0 Å². The van der Waals surface area contributed by atoms with Crippen molar-refractivity contribution in [3.05, 3.63) is 30.3 Å². The molecule has 1 aliphatic heterocycles. The molecule has 1 saturated heterocycles. The molecular formula is C19H30O3P+. The maximum atomic E-state index is 6.24. The van der Waals surface area contributed by atoms with E-state index in [1.165, 1.54) is 24.6 Å². The summed E-state index contributed by atoms with van der Waals surface area (Å²) in [5.74, 6) is 0.526. The zero-order valence-electron chi connectivity index (χ0n) is 14.6. The van der Waals surface area contributed by atoms with Crippen molar-refractivity contribution in [1.82, 2.24) is 0 Å². The van der Waals surface area contributed by atoms with E-state index in [2.05, 4.69) is 43.7 Å². The molecule has 2 unspecified atom stereocenters. The van der Waals surface area contributed by atoms with Gasteiger partial charge in [0.1, 0.15) is 0 Å². The summed E-state index contributed by atoms with van der Waals surface area (Å²) in [6.07, 6.45) is 4.92. The predicted octanol–water partition coefficient (Wildman–Crippen LogP) is 3.54. The van der Waals surface area contributed by atoms with Crippen molar-refractivity contribution >= 4 is 12.6 Å². The molecule has 128 valence electrons. The van der Waals surface area contributed by atoms with Crippen molar-refractivity contribution in [3.63, 3.8) is 0 Å². The van der Waals surface area contributed by atoms with Crippen molar-refractivity contribution in [2.75, 3.05) is 33.7 Å². The quantitative estimate of drug-likeness (QED) is 0.769. The maximum absolute atomic E-state index is 6.24. The fourth-order valence-electron chi connectivity index (χ4n) is 4.24. The van der Waals surface area contributed by atoms with E-state index >= 15 is 0 Å². The molecule has 1 aliphatic carbocycles. The van der Waals surface area contributed by atoms with Gasteiger partial charge in [-0.25, -0.2) is 0 Å². The van der Waals surface area contributed by atoms with Crippen LogP contribution >= 0.6 is 7.26 Å². The van der Waals surface area contributed by atoms with Gasteiger partial charge in [-0.2, -0.15) is 0 Å². The van der Waals surface area contributed by atoms with Gasteiger partial charge in [0.05, 0.1) is 43.6 Å². The zero-order chi connectivity index (χ0) is 16.3. The van der Waals surface area contributed by atoms with Crippen LogP contribution in [0.4, 0.5) is 0 Å². The highest BCUT2D eigenvalue weighted by molar-refractivity contribution is 7.82. The molecule has 0 spiro atoms. The van der Waals surface area contributed by atoms with E-state index in [4.69, 9.17) is 14.2 Å². The van der Waals surface area contributed by atoms with Gasteiger partial charge in [-0.05, 0) is 37.8 Å². The van der Waals surface area contributed by atoms with Gasteiger partial charge >= 0.3 is 0 Å². The van der Waals surface area contributed by atoms with Gasteiger partial charge in [0.15, 0.2) is 6.29 Å². The van der Waals surface area contributed by atoms with Crippen LogP contribution in [0.15, 0.2) is 30.3 Å². The van der Waals surface area contributed by atoms with Crippen LogP contribution < -0.4 is 5.30 Å². The van der Waals surface area contributed by atoms with Crippen LogP contribution in [0.5, 0.6) is 0 Å². The summed E-state index contributed by atoms with van der Waals surface area (Å²) in [5.41, 5.74) is 0.705. The zero-order valence-corrected chi connectivity index (χ0v) is 15.5. The van der Waals surface area contributed by atoms with Crippen LogP contribution in [0.3, 0.4) is 0 Å². The average Bonchev–Trinajstić information content (AvgIpc) is 3.07. The summed E-state index contributed by atoms with van der Waals surface area (Å²) < 4.78 is 17.6. The normalized spacial score (nSPS) is 32.1. The maximum Gasteiger partial charge on any atom is 0.164 e. The molecule has 4 atom stereocenters. The highest BCUT2D eigenvalue weighted by Crippen LogP contribution is 2.62. The number of ether oxygens (including phenoxy) is 3. The molecule has 0 amide bonds. The van der Waals surface area contributed by atoms with Gasteiger partial charge in [0.2, 0.25) is 0 Å². The molecule has 23 heavy (non-hydrogen) atoms. The Morgan fingerprint density at radius 2 is 1.91 bits per heavy atom. The highest BCUT2D eigenvalue weighted by atomic mass is 31.2. The van der Waals surface area contributed by atoms with Crippen molar-refractivity contribution in [1.29, 1.82) is 0 Å². The van der Waals surface area contributed by atoms with Crippen LogP contribution in [0.1, 0.15) is 25.7 Å². The van der Waals surface area contributed by atoms with Crippen molar-refractivity contribution in [2.24, 2.45) is 5.92 Å². The van der Waals surface area contributed by atoms with E-state index in [0.29, 0.717) is 18.2 Å². The largest absolute Gasteiger partial charge is 0.382 e. The summed E-state index contributed by atoms with van der Waals surface area (Å²) >= 11 is 0. The lowest BCUT2D eigenvalue weighted by Crippen LogP contribution is -2.42. The Balaban J connectivity index is 1.75. The van der Waals surface area contributed by atoms with Gasteiger partial charge in [0, 0.05) is 20.3 Å². The molecule has 0 radical (unpaired) electrons. The smallest absolute Gasteiger partial charge is 0.164 e. The number of benzene rings is 1. The molecule has 3 nitrogen and oxygen atoms in total. The molecule has 3 rings (SSSR count). The molecule has 2 aliphatic rings. The van der Waals surface area contributed by atoms with E-state index < -0.39 is 7.26 Å². The van der Waals surface area contributed by atoms with E-state index in [-0.39, 0.29) is 12.4 Å². The minimum absolute atomic E-state index is 0.0422. The van der Waals surface area contributed by atoms with Crippen molar-refractivity contribution < 1.29 is 14.2 Å². The minimum atomic E-state index is -1.19. The topological polar surface area (TPSA) is 27.7 Å². The molecule has 1 saturated carbocycles. The fourth-order valence-corrected chi connectivity index (χ4v) is 7.64. The van der Waals surface area contributed by atoms with Crippen LogP contribution in [-0.4, -0.2) is 51.7 Å². The first kappa shape index (κ1) is 17.4. The summed E-state index contributed by atoms with van der Waals surface area (Å²) in [5, 5.41) is 1.53. The Hall–Kier alpha value is -0.470. The number of rotatable bonds is 5. The Bertz CT molecular complexity index is 489. The predicted molar refractivity (Wildman–Crippen MR) is 97.1 cm³/mol. The first-order chi connectivity index (χ1) is 11.1. The molecule has 0 N–H and O–H groups in total. The third kappa shape index (κ3) is 3.79. The molecule has 0 aromatic heterocycles. The fraction of sp³-hybridized carbons (Fsp3) is 0.684. The first-order valence-corrected chi connectivity index (χ1v) is 11.5. The van der Waals surface area contributed by atoms with E-state index in [1.54, 1.807) is 7.11 Å². The minimum Gasteiger partial charge on any atom is -0.382 e. The lowest BCUT2D eigenvalue weighted by molar-refractivity contribution is -0.241. The highest BCUT2D eigenvalue weighted by Gasteiger charge is 2.50. The number of hydrogen-bond acceptors (Lipinski definition) is 3. The van der Waals surface area contributed by atoms with Crippen LogP contribution in [0.2, 0.25) is 0 Å². The molecule has 1 aromatic carbocycles. The standard InChI is InChI=1S/C19H30O3P/c1-20-14-15-12-13-21-19(22-15)17-10-7-11-18(17)23(2,3)16-8-5-4-6-9-16/h4-6,8-9,15,17-19H,7,10-14H2,1-3H3/q+1/t15-,17?,18?,19-/m0/s1. The Morgan fingerprint density at radius 3 is 2.65 bits per heavy atom. The second kappa shape index (κ2) is 7.61. The first-order valence-electron chi connectivity index (χ1n) is 8.78. The molecule has 1 heterocycles. The van der Waals surface area contributed by atoms with Gasteiger partial charge in [-0.15, -0.1) is 0 Å². The van der Waals surface area contributed by atoms with Crippen molar-refractivity contribution in [2.45, 2.75) is 43.7 Å². The monoisotopic (exact) mass is 337 g/mol. The summed E-state index contributed by atoms with van der Waals surface area (Å²) in [6, 6.07) is 11.1. The summed E-state index contributed by atoms with van der Waals surface area (Å²) in [6.45, 7) is 6.45. The van der Waals surface area contributed by atoms with Gasteiger partial charge in [0.25, 0.3) is 0 Å². The Morgan fingerprint density at radius 1 is 1.13 bits per heavy atom. The van der Waals surface area contributed by atoms with Crippen molar-refractivity contribution in [3.8, 4) is 0 Å². The number of hydrogen-bond donors (Lipinski definition) is 0. The van der Waals surface area contributed by atoms with E-state index in [1.807, 2.05) is 0 Å². The Kier molecular flexibility index (Phi) is 5.74. The molecule has 1 aromatic rings. The summed E-state index contributed by atoms with van der Waals surface area (Å²) in [7, 11) is 0.555.